The van der Waals surface area contributed by atoms with Crippen molar-refractivity contribution in [3.8, 4) is 0 Å². The number of carbonyl (C=O) groups is 1. The van der Waals surface area contributed by atoms with E-state index in [0.29, 0.717) is 85.7 Å². The van der Waals surface area contributed by atoms with E-state index in [0.717, 1.165) is 11.1 Å². The minimum absolute atomic E-state index is 0.140. The second kappa shape index (κ2) is 19.5. The monoisotopic (exact) mass is 482 g/mol. The van der Waals surface area contributed by atoms with Crippen LogP contribution in [0, 0.1) is 0 Å². The van der Waals surface area contributed by atoms with Crippen LogP contribution in [0.2, 0.25) is 0 Å². The molecule has 0 aliphatic carbocycles. The van der Waals surface area contributed by atoms with Crippen molar-refractivity contribution < 1.29 is 42.7 Å². The Kier molecular flexibility index (Phi) is 16.2. The molecule has 0 fully saturated rings. The Labute approximate surface area is 202 Å². The molecule has 0 spiro atoms. The van der Waals surface area contributed by atoms with Gasteiger partial charge in [0.25, 0.3) is 0 Å². The molecule has 1 aromatic carbocycles. The van der Waals surface area contributed by atoms with Crippen molar-refractivity contribution in [2.24, 2.45) is 0 Å². The third kappa shape index (κ3) is 13.1. The average Bonchev–Trinajstić information content (AvgIpc) is 2.85. The van der Waals surface area contributed by atoms with Crippen molar-refractivity contribution >= 4 is 5.97 Å². The van der Waals surface area contributed by atoms with Crippen LogP contribution in [0.15, 0.2) is 36.9 Å². The highest BCUT2D eigenvalue weighted by molar-refractivity contribution is 5.74. The average molecular weight is 483 g/mol. The van der Waals surface area contributed by atoms with Crippen LogP contribution >= 0.6 is 0 Å². The summed E-state index contributed by atoms with van der Waals surface area (Å²) in [6.45, 7) is 9.66. The number of ether oxygens (including phenoxy) is 8. The SMILES string of the molecule is C=CCC1OCCOCCOCCOCCOCCOCCOCc2ccccc2COC1=O. The van der Waals surface area contributed by atoms with E-state index in [2.05, 4.69) is 6.58 Å². The molecule has 1 heterocycles. The summed E-state index contributed by atoms with van der Waals surface area (Å²) in [5.74, 6) is -0.434. The van der Waals surface area contributed by atoms with Gasteiger partial charge in [0.2, 0.25) is 0 Å². The Bertz CT molecular complexity index is 668. The van der Waals surface area contributed by atoms with Crippen molar-refractivity contribution in [2.45, 2.75) is 25.7 Å². The molecule has 1 aliphatic rings. The molecule has 0 saturated carbocycles. The normalized spacial score (nSPS) is 22.2. The molecule has 0 radical (unpaired) electrons. The number of hydrogen-bond acceptors (Lipinski definition) is 9. The maximum atomic E-state index is 12.5. The molecular weight excluding hydrogens is 444 g/mol. The molecule has 1 unspecified atom stereocenters. The molecule has 192 valence electrons. The van der Waals surface area contributed by atoms with E-state index in [9.17, 15) is 4.79 Å². The molecule has 0 bridgehead atoms. The van der Waals surface area contributed by atoms with E-state index in [1.54, 1.807) is 6.08 Å². The van der Waals surface area contributed by atoms with Crippen LogP contribution in [-0.4, -0.2) is 91.4 Å². The number of cyclic esters (lactones) is 1. The number of esters is 1. The minimum Gasteiger partial charge on any atom is -0.459 e. The van der Waals surface area contributed by atoms with E-state index in [-0.39, 0.29) is 13.2 Å². The molecule has 9 nitrogen and oxygen atoms in total. The lowest BCUT2D eigenvalue weighted by Crippen LogP contribution is -2.28. The first-order chi connectivity index (χ1) is 16.8. The summed E-state index contributed by atoms with van der Waals surface area (Å²) >= 11 is 0. The van der Waals surface area contributed by atoms with Crippen molar-refractivity contribution in [2.75, 3.05) is 79.3 Å². The first kappa shape index (κ1) is 28.4. The Morgan fingerprint density at radius 3 is 1.62 bits per heavy atom. The van der Waals surface area contributed by atoms with Crippen molar-refractivity contribution in [3.63, 3.8) is 0 Å². The Balaban J connectivity index is 1.83. The highest BCUT2D eigenvalue weighted by Gasteiger charge is 2.20. The Morgan fingerprint density at radius 1 is 0.676 bits per heavy atom. The number of fused-ring (bicyclic) bond motifs is 1. The third-order valence-electron chi connectivity index (χ3n) is 4.80. The van der Waals surface area contributed by atoms with Crippen LogP contribution in [0.1, 0.15) is 17.5 Å². The minimum atomic E-state index is -0.724. The van der Waals surface area contributed by atoms with Crippen LogP contribution in [0.5, 0.6) is 0 Å². The van der Waals surface area contributed by atoms with Gasteiger partial charge in [-0.15, -0.1) is 6.58 Å². The van der Waals surface area contributed by atoms with Gasteiger partial charge in [-0.25, -0.2) is 4.79 Å². The molecule has 1 atom stereocenters. The molecule has 9 heteroatoms. The van der Waals surface area contributed by atoms with Crippen LogP contribution in [0.25, 0.3) is 0 Å². The van der Waals surface area contributed by atoms with Gasteiger partial charge in [0.05, 0.1) is 85.9 Å². The van der Waals surface area contributed by atoms with Crippen molar-refractivity contribution in [3.05, 3.63) is 48.0 Å². The predicted molar refractivity (Wildman–Crippen MR) is 125 cm³/mol. The number of rotatable bonds is 2. The van der Waals surface area contributed by atoms with Gasteiger partial charge in [-0.1, -0.05) is 30.3 Å². The largest absolute Gasteiger partial charge is 0.459 e. The molecule has 0 N–H and O–H groups in total. The smallest absolute Gasteiger partial charge is 0.335 e. The lowest BCUT2D eigenvalue weighted by atomic mass is 10.1. The van der Waals surface area contributed by atoms with Gasteiger partial charge in [0.1, 0.15) is 6.61 Å². The van der Waals surface area contributed by atoms with Crippen LogP contribution in [0.4, 0.5) is 0 Å². The van der Waals surface area contributed by atoms with Gasteiger partial charge in [-0.3, -0.25) is 0 Å². The van der Waals surface area contributed by atoms with Gasteiger partial charge in [0, 0.05) is 6.42 Å². The fourth-order valence-electron chi connectivity index (χ4n) is 3.00. The van der Waals surface area contributed by atoms with E-state index in [1.165, 1.54) is 0 Å². The fraction of sp³-hybridized carbons (Fsp3) is 0.640. The standard InChI is InChI=1S/C25H38O9/c1-2-5-24-25(26)34-21-23-7-4-3-6-22(23)20-32-17-16-30-13-12-28-9-8-27-10-11-29-14-15-31-18-19-33-24/h2-4,6-7,24H,1,5,8-21H2. The van der Waals surface area contributed by atoms with E-state index in [4.69, 9.17) is 37.9 Å². The predicted octanol–water partition coefficient (Wildman–Crippen LogP) is 2.30. The fourth-order valence-corrected chi connectivity index (χ4v) is 3.00. The molecule has 0 amide bonds. The zero-order chi connectivity index (χ0) is 24.1. The zero-order valence-corrected chi connectivity index (χ0v) is 20.0. The van der Waals surface area contributed by atoms with Crippen molar-refractivity contribution in [1.82, 2.24) is 0 Å². The first-order valence-corrected chi connectivity index (χ1v) is 11.7. The Hall–Kier alpha value is -1.85. The molecular formula is C25H38O9. The topological polar surface area (TPSA) is 90.9 Å². The van der Waals surface area contributed by atoms with Crippen LogP contribution in [0.3, 0.4) is 0 Å². The lowest BCUT2D eigenvalue weighted by Gasteiger charge is -2.17. The third-order valence-corrected chi connectivity index (χ3v) is 4.80. The lowest BCUT2D eigenvalue weighted by molar-refractivity contribution is -0.159. The summed E-state index contributed by atoms with van der Waals surface area (Å²) in [5, 5.41) is 0. The van der Waals surface area contributed by atoms with Crippen LogP contribution < -0.4 is 0 Å². The molecule has 1 aromatic rings. The summed E-state index contributed by atoms with van der Waals surface area (Å²) in [4.78, 5) is 12.5. The van der Waals surface area contributed by atoms with Gasteiger partial charge in [0.15, 0.2) is 6.10 Å². The zero-order valence-electron chi connectivity index (χ0n) is 20.0. The maximum absolute atomic E-state index is 12.5. The summed E-state index contributed by atoms with van der Waals surface area (Å²) in [6.07, 6.45) is 1.27. The van der Waals surface area contributed by atoms with Crippen LogP contribution in [-0.2, 0) is 55.9 Å². The number of hydrogen-bond donors (Lipinski definition) is 0. The van der Waals surface area contributed by atoms with Gasteiger partial charge >= 0.3 is 5.97 Å². The number of carbonyl (C=O) groups excluding carboxylic acids is 1. The molecule has 0 aromatic heterocycles. The molecule has 0 saturated heterocycles. The summed E-state index contributed by atoms with van der Waals surface area (Å²) in [5.41, 5.74) is 1.84. The number of benzene rings is 1. The second-order valence-electron chi connectivity index (χ2n) is 7.37. The highest BCUT2D eigenvalue weighted by Crippen LogP contribution is 2.13. The summed E-state index contributed by atoms with van der Waals surface area (Å²) < 4.78 is 44.3. The molecule has 2 rings (SSSR count). The van der Waals surface area contributed by atoms with Gasteiger partial charge in [-0.05, 0) is 11.1 Å². The van der Waals surface area contributed by atoms with Crippen molar-refractivity contribution in [1.29, 1.82) is 0 Å². The second-order valence-corrected chi connectivity index (χ2v) is 7.37. The molecule has 1 aliphatic heterocycles. The van der Waals surface area contributed by atoms with Gasteiger partial charge < -0.3 is 37.9 Å². The van der Waals surface area contributed by atoms with Gasteiger partial charge in [-0.2, -0.15) is 0 Å². The van der Waals surface area contributed by atoms with E-state index < -0.39 is 12.1 Å². The maximum Gasteiger partial charge on any atom is 0.335 e. The Morgan fingerprint density at radius 2 is 1.12 bits per heavy atom. The highest BCUT2D eigenvalue weighted by atomic mass is 16.6. The van der Waals surface area contributed by atoms with E-state index in [1.807, 2.05) is 24.3 Å². The summed E-state index contributed by atoms with van der Waals surface area (Å²) in [6, 6.07) is 7.69. The quantitative estimate of drug-likeness (QED) is 0.465. The first-order valence-electron chi connectivity index (χ1n) is 11.7. The summed E-state index contributed by atoms with van der Waals surface area (Å²) in [7, 11) is 0. The van der Waals surface area contributed by atoms with E-state index >= 15 is 0 Å². The molecule has 34 heavy (non-hydrogen) atoms.